The lowest BCUT2D eigenvalue weighted by Crippen LogP contribution is -2.55. The number of allylic oxidation sites excluding steroid dienone is 10. The van der Waals surface area contributed by atoms with Crippen LogP contribution in [0.25, 0.3) is 5.57 Å². The third-order valence-corrected chi connectivity index (χ3v) is 14.2. The fourth-order valence-corrected chi connectivity index (χ4v) is 11.0. The summed E-state index contributed by atoms with van der Waals surface area (Å²) in [5.74, 6) is -0.328. The Morgan fingerprint density at radius 1 is 0.944 bits per heavy atom. The summed E-state index contributed by atoms with van der Waals surface area (Å²) < 4.78 is 106. The van der Waals surface area contributed by atoms with Crippen molar-refractivity contribution in [3.63, 3.8) is 0 Å². The number of rotatable bonds is 14. The Balaban J connectivity index is 1.48. The molecule has 2 aromatic rings. The highest BCUT2D eigenvalue weighted by atomic mass is 32.2. The molecule has 2 heterocycles. The molecule has 54 heavy (non-hydrogen) atoms. The molecule has 0 radical (unpaired) electrons. The van der Waals surface area contributed by atoms with Gasteiger partial charge in [0.1, 0.15) is 11.4 Å². The van der Waals surface area contributed by atoms with Gasteiger partial charge in [0.15, 0.2) is 0 Å². The third-order valence-electron chi connectivity index (χ3n) is 10.7. The van der Waals surface area contributed by atoms with Crippen LogP contribution in [-0.2, 0) is 50.6 Å². The molecule has 1 spiro atoms. The molecule has 0 bridgehead atoms. The number of fused-ring (bicyclic) bond motifs is 3. The first-order chi connectivity index (χ1) is 25.0. The van der Waals surface area contributed by atoms with E-state index in [4.69, 9.17) is 5.26 Å². The molecule has 1 fully saturated rings. The predicted octanol–water partition coefficient (Wildman–Crippen LogP) is 7.71. The van der Waals surface area contributed by atoms with E-state index in [1.807, 2.05) is 69.4 Å². The van der Waals surface area contributed by atoms with Crippen LogP contribution in [0.3, 0.4) is 0 Å². The predicted molar refractivity (Wildman–Crippen MR) is 208 cm³/mol. The van der Waals surface area contributed by atoms with Crippen LogP contribution in [0, 0.1) is 0 Å². The molecule has 13 nitrogen and oxygen atoms in total. The average molecular weight is 825 g/mol. The molecule has 3 aliphatic rings. The van der Waals surface area contributed by atoms with E-state index in [2.05, 4.69) is 23.2 Å². The Kier molecular flexibility index (Phi) is 12.1. The van der Waals surface area contributed by atoms with Crippen molar-refractivity contribution in [2.24, 2.45) is 0 Å². The number of hydrogen-bond donors (Lipinski definition) is 4. The summed E-state index contributed by atoms with van der Waals surface area (Å²) in [6.07, 6.45) is 13.4. The number of unbranched alkanes of at least 4 members (excludes halogenated alkanes) is 1. The summed E-state index contributed by atoms with van der Waals surface area (Å²) in [6.45, 7) is 10.2. The normalized spacial score (nSPS) is 23.4. The van der Waals surface area contributed by atoms with Crippen molar-refractivity contribution in [1.82, 2.24) is 4.48 Å². The molecule has 4 N–H and O–H groups in total. The lowest BCUT2D eigenvalue weighted by molar-refractivity contribution is -0.432. The van der Waals surface area contributed by atoms with Crippen LogP contribution in [0.2, 0.25) is 0 Å². The van der Waals surface area contributed by atoms with Crippen LogP contribution in [0.1, 0.15) is 83.4 Å². The zero-order valence-corrected chi connectivity index (χ0v) is 33.9. The first-order valence-electron chi connectivity index (χ1n) is 17.2. The van der Waals surface area contributed by atoms with Crippen molar-refractivity contribution >= 4 is 53.7 Å². The van der Waals surface area contributed by atoms with Gasteiger partial charge in [0.25, 0.3) is 20.2 Å². The van der Waals surface area contributed by atoms with Gasteiger partial charge in [0.2, 0.25) is 5.37 Å². The minimum absolute atomic E-state index is 0.171. The maximum Gasteiger partial charge on any atom is 0.320 e. The van der Waals surface area contributed by atoms with Crippen molar-refractivity contribution in [1.29, 1.82) is 0 Å². The second-order valence-corrected chi connectivity index (χ2v) is 20.2. The van der Waals surface area contributed by atoms with Crippen molar-refractivity contribution < 1.29 is 53.5 Å². The zero-order valence-electron chi connectivity index (χ0n) is 30.6. The Hall–Kier alpha value is -2.94. The standard InChI is InChI=1S/C37H45NO12S4/c1-25(11-8-14-30-28(13-6-7-22-52(40,41)42)29-19-17-26(51-50-49-39)23-31(29)36(30,2)3)12-9-15-34-37(4,5)32-24-27(53(43,44)45)18-20-33(32)38(34)21-10-16-35(38)54(46,47)48/h8-9,11-12,14-15,17-20,23-24,35H,6-7,10,13,16,21-22H2,1-5H3,(H3-,39,40,41,42,43,44,45,46,47,48)/p+1/b12-9?,14-8?,25-11?,34-15+. The lowest BCUT2D eigenvalue weighted by atomic mass is 9.81. The summed E-state index contributed by atoms with van der Waals surface area (Å²) in [6, 6.07) is 9.89. The van der Waals surface area contributed by atoms with Crippen molar-refractivity contribution in [3.8, 4) is 0 Å². The monoisotopic (exact) mass is 824 g/mol. The smallest absolute Gasteiger partial charge is 0.286 e. The highest BCUT2D eigenvalue weighted by Gasteiger charge is 2.62. The highest BCUT2D eigenvalue weighted by Crippen LogP contribution is 2.57. The van der Waals surface area contributed by atoms with E-state index < -0.39 is 46.6 Å². The molecule has 0 aromatic heterocycles. The Bertz CT molecular complexity index is 2300. The molecule has 0 amide bonds. The van der Waals surface area contributed by atoms with Crippen molar-refractivity contribution in [3.05, 3.63) is 106 Å². The van der Waals surface area contributed by atoms with Gasteiger partial charge in [0, 0.05) is 34.8 Å². The van der Waals surface area contributed by atoms with Gasteiger partial charge in [-0.05, 0) is 92.6 Å². The molecule has 0 saturated carbocycles. The summed E-state index contributed by atoms with van der Waals surface area (Å²) in [5, 5.41) is 11.2. The van der Waals surface area contributed by atoms with Gasteiger partial charge in [-0.2, -0.15) is 25.3 Å². The van der Waals surface area contributed by atoms with Gasteiger partial charge in [-0.25, -0.2) is 9.74 Å². The minimum Gasteiger partial charge on any atom is -0.286 e. The molecule has 17 heteroatoms. The molecule has 2 unspecified atom stereocenters. The van der Waals surface area contributed by atoms with E-state index in [9.17, 15) is 38.9 Å². The number of quaternary nitrogens is 1. The summed E-state index contributed by atoms with van der Waals surface area (Å²) >= 11 is 0.855. The molecule has 2 aliphatic heterocycles. The quantitative estimate of drug-likeness (QED) is 0.0275. The van der Waals surface area contributed by atoms with E-state index in [1.54, 1.807) is 6.08 Å². The maximum absolute atomic E-state index is 12.8. The van der Waals surface area contributed by atoms with Crippen LogP contribution >= 0.6 is 12.0 Å². The SMILES string of the molecule is CC(C=C/C=C1\C(C)(C)c2cc(S(=O)(=O)O)ccc2[N+]12CCCC2S(=O)(=O)O)=CC=CC1=C(CCCCS(=O)(=O)O)c2ccc(SOOO)cc2C1(C)C. The molecule has 2 aromatic carbocycles. The van der Waals surface area contributed by atoms with E-state index in [0.29, 0.717) is 54.1 Å². The van der Waals surface area contributed by atoms with Crippen molar-refractivity contribution in [2.75, 3.05) is 12.3 Å². The first-order valence-corrected chi connectivity index (χ1v) is 22.5. The van der Waals surface area contributed by atoms with Gasteiger partial charge in [-0.15, -0.1) is 4.33 Å². The highest BCUT2D eigenvalue weighted by molar-refractivity contribution is 7.94. The van der Waals surface area contributed by atoms with E-state index in [1.165, 1.54) is 18.2 Å². The molecule has 1 saturated heterocycles. The molecule has 2 atom stereocenters. The fourth-order valence-electron chi connectivity index (χ4n) is 8.32. The third kappa shape index (κ3) is 8.41. The van der Waals surface area contributed by atoms with Gasteiger partial charge in [-0.1, -0.05) is 60.9 Å². The van der Waals surface area contributed by atoms with Crippen LogP contribution in [0.15, 0.2) is 99.5 Å². The Morgan fingerprint density at radius 2 is 1.67 bits per heavy atom. The largest absolute Gasteiger partial charge is 0.320 e. The van der Waals surface area contributed by atoms with Crippen LogP contribution in [0.5, 0.6) is 0 Å². The summed E-state index contributed by atoms with van der Waals surface area (Å²) in [5.41, 5.74) is 5.36. The van der Waals surface area contributed by atoms with E-state index >= 15 is 0 Å². The summed E-state index contributed by atoms with van der Waals surface area (Å²) in [7, 11) is -13.1. The zero-order chi connectivity index (χ0) is 39.9. The topological polar surface area (TPSA) is 202 Å². The van der Waals surface area contributed by atoms with Gasteiger partial charge in [0.05, 0.1) is 34.7 Å². The summed E-state index contributed by atoms with van der Waals surface area (Å²) in [4.78, 5) is 0.405. The van der Waals surface area contributed by atoms with Crippen LogP contribution in [-0.4, -0.2) is 61.8 Å². The lowest BCUT2D eigenvalue weighted by Gasteiger charge is -2.37. The molecule has 1 aliphatic carbocycles. The fraction of sp³-hybridized carbons (Fsp3) is 0.405. The molecular formula is C37H46NO12S4+. The Labute approximate surface area is 321 Å². The maximum atomic E-state index is 12.8. The number of nitrogens with zero attached hydrogens (tertiary/aromatic N) is 1. The van der Waals surface area contributed by atoms with Gasteiger partial charge >= 0.3 is 10.1 Å². The van der Waals surface area contributed by atoms with Crippen LogP contribution in [0.4, 0.5) is 5.69 Å². The molecular weight excluding hydrogens is 779 g/mol. The van der Waals surface area contributed by atoms with Crippen LogP contribution < -0.4 is 4.48 Å². The first kappa shape index (κ1) is 42.2. The number of hydrogen-bond acceptors (Lipinski definition) is 10. The molecule has 5 rings (SSSR count). The second kappa shape index (κ2) is 15.5. The van der Waals surface area contributed by atoms with Gasteiger partial charge < -0.3 is 0 Å². The van der Waals surface area contributed by atoms with E-state index in [0.717, 1.165) is 39.9 Å². The van der Waals surface area contributed by atoms with Gasteiger partial charge in [-0.3, -0.25) is 13.7 Å². The van der Waals surface area contributed by atoms with E-state index in [-0.39, 0.29) is 21.6 Å². The van der Waals surface area contributed by atoms with Crippen molar-refractivity contribution in [2.45, 2.75) is 92.7 Å². The Morgan fingerprint density at radius 3 is 2.31 bits per heavy atom. The minimum atomic E-state index is -4.53. The average Bonchev–Trinajstić information content (AvgIpc) is 3.66. The molecule has 294 valence electrons. The number of benzene rings is 2. The second-order valence-electron chi connectivity index (χ2n) is 14.9.